The van der Waals surface area contributed by atoms with Gasteiger partial charge in [-0.2, -0.15) is 18.2 Å². The Morgan fingerprint density at radius 1 is 1.05 bits per heavy atom. The summed E-state index contributed by atoms with van der Waals surface area (Å²) in [7, 11) is 2.02. The number of halogens is 3. The van der Waals surface area contributed by atoms with Crippen LogP contribution in [-0.2, 0) is 11.0 Å². The van der Waals surface area contributed by atoms with Gasteiger partial charge < -0.3 is 25.8 Å². The second-order valence-electron chi connectivity index (χ2n) is 10.2. The predicted molar refractivity (Wildman–Crippen MR) is 138 cm³/mol. The van der Waals surface area contributed by atoms with E-state index in [1.807, 2.05) is 20.9 Å². The molecule has 0 spiro atoms. The monoisotopic (exact) mass is 533 g/mol. The molecule has 1 aromatic heterocycles. The second kappa shape index (κ2) is 11.5. The van der Waals surface area contributed by atoms with Crippen molar-refractivity contribution in [3.63, 3.8) is 0 Å². The van der Waals surface area contributed by atoms with Gasteiger partial charge in [0.1, 0.15) is 11.4 Å². The van der Waals surface area contributed by atoms with Crippen LogP contribution in [0.1, 0.15) is 49.0 Å². The third kappa shape index (κ3) is 6.72. The van der Waals surface area contributed by atoms with Crippen molar-refractivity contribution in [2.24, 2.45) is 5.92 Å². The molecule has 4 rings (SSSR count). The van der Waals surface area contributed by atoms with Gasteiger partial charge in [0, 0.05) is 55.7 Å². The van der Waals surface area contributed by atoms with Crippen molar-refractivity contribution in [3.8, 4) is 0 Å². The summed E-state index contributed by atoms with van der Waals surface area (Å²) in [6, 6.07) is 6.14. The first kappa shape index (κ1) is 27.6. The number of aromatic nitrogens is 2. The van der Waals surface area contributed by atoms with Crippen molar-refractivity contribution < 1.29 is 22.8 Å². The minimum Gasteiger partial charge on any atom is -0.366 e. The molecule has 2 heterocycles. The fourth-order valence-corrected chi connectivity index (χ4v) is 4.79. The summed E-state index contributed by atoms with van der Waals surface area (Å²) in [5.74, 6) is -1.09. The van der Waals surface area contributed by atoms with E-state index in [0.29, 0.717) is 37.2 Å². The number of nitrogens with one attached hydrogen (secondary N) is 3. The minimum absolute atomic E-state index is 0.0279. The minimum atomic E-state index is -4.67. The van der Waals surface area contributed by atoms with Crippen LogP contribution in [0.2, 0.25) is 0 Å². The summed E-state index contributed by atoms with van der Waals surface area (Å²) >= 11 is 0. The van der Waals surface area contributed by atoms with Crippen LogP contribution in [-0.4, -0.2) is 76.9 Å². The number of hydrogen-bond donors (Lipinski definition) is 3. The average Bonchev–Trinajstić information content (AvgIpc) is 3.32. The molecule has 1 aromatic carbocycles. The van der Waals surface area contributed by atoms with Gasteiger partial charge in [0.2, 0.25) is 11.9 Å². The zero-order chi connectivity index (χ0) is 27.4. The first-order valence-corrected chi connectivity index (χ1v) is 12.9. The van der Waals surface area contributed by atoms with E-state index in [1.54, 1.807) is 29.2 Å². The van der Waals surface area contributed by atoms with Crippen molar-refractivity contribution in [2.75, 3.05) is 43.9 Å². The summed E-state index contributed by atoms with van der Waals surface area (Å²) in [5, 5.41) is 8.65. The van der Waals surface area contributed by atoms with Crippen LogP contribution in [0, 0.1) is 5.92 Å². The van der Waals surface area contributed by atoms with Crippen molar-refractivity contribution in [3.05, 3.63) is 41.6 Å². The Kier molecular flexibility index (Phi) is 8.39. The molecule has 1 saturated heterocycles. The molecule has 9 nitrogen and oxygen atoms in total. The van der Waals surface area contributed by atoms with Crippen LogP contribution in [0.3, 0.4) is 0 Å². The molecule has 3 N–H and O–H groups in total. The van der Waals surface area contributed by atoms with Crippen molar-refractivity contribution >= 4 is 29.3 Å². The third-order valence-corrected chi connectivity index (χ3v) is 6.88. The van der Waals surface area contributed by atoms with E-state index >= 15 is 0 Å². The van der Waals surface area contributed by atoms with Gasteiger partial charge in [-0.25, -0.2) is 4.98 Å². The van der Waals surface area contributed by atoms with Crippen molar-refractivity contribution in [2.45, 2.75) is 51.4 Å². The van der Waals surface area contributed by atoms with E-state index in [9.17, 15) is 22.8 Å². The van der Waals surface area contributed by atoms with E-state index in [2.05, 4.69) is 30.8 Å². The number of hydrogen-bond acceptors (Lipinski definition) is 7. The average molecular weight is 534 g/mol. The lowest BCUT2D eigenvalue weighted by Gasteiger charge is -2.32. The zero-order valence-electron chi connectivity index (χ0n) is 21.8. The number of alkyl halides is 3. The van der Waals surface area contributed by atoms with Gasteiger partial charge in [-0.1, -0.05) is 6.42 Å². The highest BCUT2D eigenvalue weighted by Crippen LogP contribution is 2.36. The van der Waals surface area contributed by atoms with E-state index < -0.39 is 23.7 Å². The Hall–Kier alpha value is -3.41. The lowest BCUT2D eigenvalue weighted by molar-refractivity contribution is -0.137. The molecular weight excluding hydrogens is 499 g/mol. The molecule has 2 aliphatic rings. The number of piperazine rings is 1. The Bertz CT molecular complexity index is 1130. The third-order valence-electron chi connectivity index (χ3n) is 6.88. The van der Waals surface area contributed by atoms with Gasteiger partial charge in [-0.05, 0) is 58.0 Å². The molecule has 206 valence electrons. The SMILES string of the molecule is CC(C)NC(=O)[C@H]1CCC[C@H]1Nc1nc(Nc2ccc(C(=O)N3CCN(C)CC3)cc2)ncc1C(F)(F)F. The maximum Gasteiger partial charge on any atom is 0.421 e. The summed E-state index contributed by atoms with van der Waals surface area (Å²) in [4.78, 5) is 37.3. The van der Waals surface area contributed by atoms with Crippen LogP contribution < -0.4 is 16.0 Å². The predicted octanol–water partition coefficient (Wildman–Crippen LogP) is 3.73. The zero-order valence-corrected chi connectivity index (χ0v) is 21.8. The molecule has 1 aliphatic heterocycles. The highest BCUT2D eigenvalue weighted by atomic mass is 19.4. The highest BCUT2D eigenvalue weighted by Gasteiger charge is 2.39. The van der Waals surface area contributed by atoms with Gasteiger partial charge in [-0.15, -0.1) is 0 Å². The summed E-state index contributed by atoms with van der Waals surface area (Å²) < 4.78 is 41.2. The van der Waals surface area contributed by atoms with Crippen LogP contribution in [0.15, 0.2) is 30.5 Å². The van der Waals surface area contributed by atoms with Crippen molar-refractivity contribution in [1.82, 2.24) is 25.1 Å². The Balaban J connectivity index is 1.49. The largest absolute Gasteiger partial charge is 0.421 e. The van der Waals surface area contributed by atoms with Crippen molar-refractivity contribution in [1.29, 1.82) is 0 Å². The van der Waals surface area contributed by atoms with E-state index in [-0.39, 0.29) is 29.6 Å². The van der Waals surface area contributed by atoms with Gasteiger partial charge in [0.25, 0.3) is 5.91 Å². The number of nitrogens with zero attached hydrogens (tertiary/aromatic N) is 4. The Morgan fingerprint density at radius 2 is 1.74 bits per heavy atom. The smallest absolute Gasteiger partial charge is 0.366 e. The molecule has 0 radical (unpaired) electrons. The molecule has 2 fully saturated rings. The summed E-state index contributed by atoms with van der Waals surface area (Å²) in [6.07, 6.45) is -2.05. The molecule has 0 unspecified atom stereocenters. The van der Waals surface area contributed by atoms with Crippen LogP contribution >= 0.6 is 0 Å². The maximum atomic E-state index is 13.7. The topological polar surface area (TPSA) is 102 Å². The lowest BCUT2D eigenvalue weighted by atomic mass is 10.0. The first-order valence-electron chi connectivity index (χ1n) is 12.9. The van der Waals surface area contributed by atoms with Crippen LogP contribution in [0.5, 0.6) is 0 Å². The fraction of sp³-hybridized carbons (Fsp3) is 0.538. The van der Waals surface area contributed by atoms with Crippen LogP contribution in [0.4, 0.5) is 30.6 Å². The number of benzene rings is 1. The summed E-state index contributed by atoms with van der Waals surface area (Å²) in [6.45, 7) is 6.63. The quantitative estimate of drug-likeness (QED) is 0.499. The number of carbonyl (C=O) groups is 2. The molecule has 2 aromatic rings. The molecule has 0 bridgehead atoms. The van der Waals surface area contributed by atoms with E-state index in [4.69, 9.17) is 0 Å². The maximum absolute atomic E-state index is 13.7. The first-order chi connectivity index (χ1) is 18.0. The molecule has 1 aliphatic carbocycles. The Morgan fingerprint density at radius 3 is 2.37 bits per heavy atom. The molecule has 2 atom stereocenters. The second-order valence-corrected chi connectivity index (χ2v) is 10.2. The number of likely N-dealkylation sites (N-methyl/N-ethyl adjacent to an activating group) is 1. The van der Waals surface area contributed by atoms with Gasteiger partial charge in [-0.3, -0.25) is 9.59 Å². The highest BCUT2D eigenvalue weighted by molar-refractivity contribution is 5.94. The lowest BCUT2D eigenvalue weighted by Crippen LogP contribution is -2.47. The summed E-state index contributed by atoms with van der Waals surface area (Å²) in [5.41, 5.74) is 0.0644. The fourth-order valence-electron chi connectivity index (χ4n) is 4.79. The normalized spacial score (nSPS) is 20.4. The van der Waals surface area contributed by atoms with Gasteiger partial charge in [0.15, 0.2) is 0 Å². The molecule has 2 amide bonds. The van der Waals surface area contributed by atoms with E-state index in [1.165, 1.54) is 0 Å². The number of amides is 2. The molecule has 38 heavy (non-hydrogen) atoms. The molecule has 12 heteroatoms. The molecule has 1 saturated carbocycles. The standard InChI is InChI=1S/C26H34F3N7O2/c1-16(2)31-23(37)19-5-4-6-21(19)33-22-20(26(27,28)29)15-30-25(34-22)32-18-9-7-17(8-10-18)24(38)36-13-11-35(3)12-14-36/h7-10,15-16,19,21H,4-6,11-14H2,1-3H3,(H,31,37)(H2,30,32,33,34)/t19-,21+/m0/s1. The number of anilines is 3. The molecular formula is C26H34F3N7O2. The number of rotatable bonds is 7. The van der Waals surface area contributed by atoms with Gasteiger partial charge in [0.05, 0.1) is 5.92 Å². The van der Waals surface area contributed by atoms with E-state index in [0.717, 1.165) is 25.7 Å². The number of carbonyl (C=O) groups excluding carboxylic acids is 2. The van der Waals surface area contributed by atoms with Crippen LogP contribution in [0.25, 0.3) is 0 Å². The van der Waals surface area contributed by atoms with Gasteiger partial charge >= 0.3 is 6.18 Å². The Labute approximate surface area is 220 Å².